The van der Waals surface area contributed by atoms with Gasteiger partial charge in [0.25, 0.3) is 0 Å². The third-order valence-electron chi connectivity index (χ3n) is 4.20. The minimum atomic E-state index is -0.0502. The van der Waals surface area contributed by atoms with Crippen molar-refractivity contribution in [3.63, 3.8) is 0 Å². The molecule has 5 heteroatoms. The fourth-order valence-corrected chi connectivity index (χ4v) is 2.98. The largest absolute Gasteiger partial charge is 0.497 e. The number of anilines is 1. The van der Waals surface area contributed by atoms with Gasteiger partial charge in [-0.1, -0.05) is 12.1 Å². The molecule has 2 aromatic rings. The van der Waals surface area contributed by atoms with E-state index in [1.54, 1.807) is 37.5 Å². The Hall–Kier alpha value is -3.08. The van der Waals surface area contributed by atoms with Gasteiger partial charge in [-0.15, -0.1) is 0 Å². The molecule has 1 N–H and O–H groups in total. The van der Waals surface area contributed by atoms with Crippen LogP contribution in [0.1, 0.15) is 15.9 Å². The lowest BCUT2D eigenvalue weighted by Crippen LogP contribution is -2.36. The molecule has 0 atom stereocenters. The number of ketones is 1. The van der Waals surface area contributed by atoms with Crippen LogP contribution in [0, 0.1) is 0 Å². The summed E-state index contributed by atoms with van der Waals surface area (Å²) < 4.78 is 5.13. The van der Waals surface area contributed by atoms with Crippen molar-refractivity contribution < 1.29 is 9.53 Å². The number of para-hydroxylation sites is 1. The first-order chi connectivity index (χ1) is 11.8. The molecule has 2 aliphatic heterocycles. The van der Waals surface area contributed by atoms with Crippen molar-refractivity contribution in [2.45, 2.75) is 0 Å². The summed E-state index contributed by atoms with van der Waals surface area (Å²) in [5.74, 6) is 2.38. The molecule has 0 saturated carbocycles. The summed E-state index contributed by atoms with van der Waals surface area (Å²) in [6, 6.07) is 15.1. The number of hydrogen-bond donors (Lipinski definition) is 1. The van der Waals surface area contributed by atoms with Crippen LogP contribution in [0.15, 0.2) is 65.4 Å². The van der Waals surface area contributed by atoms with Gasteiger partial charge in [-0.3, -0.25) is 9.79 Å². The first kappa shape index (κ1) is 14.5. The molecular formula is C19H17N3O2. The summed E-state index contributed by atoms with van der Waals surface area (Å²) in [5.41, 5.74) is 2.67. The third kappa shape index (κ3) is 2.44. The Morgan fingerprint density at radius 2 is 2.00 bits per heavy atom. The summed E-state index contributed by atoms with van der Waals surface area (Å²) in [6.45, 7) is 1.51. The second kappa shape index (κ2) is 5.85. The van der Waals surface area contributed by atoms with Crippen molar-refractivity contribution in [2.75, 3.05) is 25.5 Å². The number of methoxy groups -OCH3 is 1. The van der Waals surface area contributed by atoms with E-state index in [1.807, 2.05) is 24.3 Å². The molecule has 0 aliphatic carbocycles. The lowest BCUT2D eigenvalue weighted by Gasteiger charge is -2.31. The number of carbonyl (C=O) groups is 1. The van der Waals surface area contributed by atoms with Crippen LogP contribution < -0.4 is 10.1 Å². The topological polar surface area (TPSA) is 53.9 Å². The number of amidine groups is 1. The van der Waals surface area contributed by atoms with Gasteiger partial charge in [0.15, 0.2) is 5.78 Å². The highest BCUT2D eigenvalue weighted by molar-refractivity contribution is 6.10. The first-order valence-corrected chi connectivity index (χ1v) is 7.85. The Kier molecular flexibility index (Phi) is 3.54. The third-order valence-corrected chi connectivity index (χ3v) is 4.20. The number of ether oxygens (including phenoxy) is 1. The molecule has 0 aromatic heterocycles. The molecule has 2 aliphatic rings. The monoisotopic (exact) mass is 319 g/mol. The number of allylic oxidation sites excluding steroid dienone is 1. The first-order valence-electron chi connectivity index (χ1n) is 7.85. The smallest absolute Gasteiger partial charge is 0.189 e. The standard InChI is InChI=1S/C19H17N3O2/c1-24-14-8-6-13(7-9-14)17(23)12-18-21-16-5-3-2-4-15(16)19-20-10-11-22(18)19/h2-9,12,21H,10-11H2,1H3/b18-12+. The number of aliphatic imine (C=N–C) groups is 1. The minimum Gasteiger partial charge on any atom is -0.497 e. The zero-order valence-corrected chi connectivity index (χ0v) is 13.3. The van der Waals surface area contributed by atoms with E-state index in [-0.39, 0.29) is 5.78 Å². The van der Waals surface area contributed by atoms with Gasteiger partial charge < -0.3 is 15.0 Å². The molecule has 5 nitrogen and oxygen atoms in total. The maximum Gasteiger partial charge on any atom is 0.189 e. The zero-order valence-electron chi connectivity index (χ0n) is 13.3. The number of fused-ring (bicyclic) bond motifs is 3. The second-order valence-corrected chi connectivity index (χ2v) is 5.65. The molecule has 4 rings (SSSR count). The van der Waals surface area contributed by atoms with Gasteiger partial charge in [-0.05, 0) is 36.4 Å². The van der Waals surface area contributed by atoms with E-state index in [1.165, 1.54) is 0 Å². The molecule has 2 heterocycles. The Morgan fingerprint density at radius 3 is 2.79 bits per heavy atom. The highest BCUT2D eigenvalue weighted by Crippen LogP contribution is 2.29. The Balaban J connectivity index is 1.67. The fraction of sp³-hybridized carbons (Fsp3) is 0.158. The average molecular weight is 319 g/mol. The second-order valence-electron chi connectivity index (χ2n) is 5.65. The van der Waals surface area contributed by atoms with Gasteiger partial charge in [0, 0.05) is 23.7 Å². The zero-order chi connectivity index (χ0) is 16.5. The average Bonchev–Trinajstić information content (AvgIpc) is 3.12. The van der Waals surface area contributed by atoms with Crippen LogP contribution >= 0.6 is 0 Å². The number of hydrogen-bond acceptors (Lipinski definition) is 5. The highest BCUT2D eigenvalue weighted by Gasteiger charge is 2.29. The summed E-state index contributed by atoms with van der Waals surface area (Å²) in [4.78, 5) is 19.2. The van der Waals surface area contributed by atoms with E-state index >= 15 is 0 Å². The van der Waals surface area contributed by atoms with Crippen LogP contribution in [0.4, 0.5) is 5.69 Å². The molecule has 0 spiro atoms. The summed E-state index contributed by atoms with van der Waals surface area (Å²) in [5, 5.41) is 3.35. The molecular weight excluding hydrogens is 302 g/mol. The summed E-state index contributed by atoms with van der Waals surface area (Å²) >= 11 is 0. The number of benzene rings is 2. The number of carbonyl (C=O) groups excluding carboxylic acids is 1. The van der Waals surface area contributed by atoms with Gasteiger partial charge in [-0.25, -0.2) is 0 Å². The van der Waals surface area contributed by atoms with Crippen molar-refractivity contribution >= 4 is 17.3 Å². The molecule has 0 amide bonds. The van der Waals surface area contributed by atoms with Gasteiger partial charge in [0.1, 0.15) is 17.4 Å². The Bertz CT molecular complexity index is 853. The number of nitrogens with one attached hydrogen (secondary N) is 1. The predicted molar refractivity (Wildman–Crippen MR) is 93.6 cm³/mol. The molecule has 0 bridgehead atoms. The van der Waals surface area contributed by atoms with Crippen LogP contribution in [-0.4, -0.2) is 36.7 Å². The molecule has 0 saturated heterocycles. The number of rotatable bonds is 3. The Morgan fingerprint density at radius 1 is 1.21 bits per heavy atom. The maximum absolute atomic E-state index is 12.6. The minimum absolute atomic E-state index is 0.0502. The van der Waals surface area contributed by atoms with E-state index in [0.717, 1.165) is 41.7 Å². The normalized spacial score (nSPS) is 17.0. The maximum atomic E-state index is 12.6. The van der Waals surface area contributed by atoms with Crippen LogP contribution in [0.5, 0.6) is 5.75 Å². The van der Waals surface area contributed by atoms with Crippen molar-refractivity contribution in [1.29, 1.82) is 0 Å². The molecule has 24 heavy (non-hydrogen) atoms. The molecule has 120 valence electrons. The van der Waals surface area contributed by atoms with Crippen molar-refractivity contribution in [3.8, 4) is 5.75 Å². The van der Waals surface area contributed by atoms with Crippen LogP contribution in [0.3, 0.4) is 0 Å². The summed E-state index contributed by atoms with van der Waals surface area (Å²) in [6.07, 6.45) is 1.64. The van der Waals surface area contributed by atoms with Crippen molar-refractivity contribution in [3.05, 3.63) is 71.6 Å². The molecule has 0 unspecified atom stereocenters. The highest BCUT2D eigenvalue weighted by atomic mass is 16.5. The lowest BCUT2D eigenvalue weighted by atomic mass is 10.1. The van der Waals surface area contributed by atoms with Crippen molar-refractivity contribution in [2.24, 2.45) is 4.99 Å². The fourth-order valence-electron chi connectivity index (χ4n) is 2.98. The van der Waals surface area contributed by atoms with Gasteiger partial charge in [-0.2, -0.15) is 0 Å². The SMILES string of the molecule is COc1ccc(C(=O)/C=C2\Nc3ccccc3C3=NCCN32)cc1. The van der Waals surface area contributed by atoms with Gasteiger partial charge >= 0.3 is 0 Å². The van der Waals surface area contributed by atoms with Gasteiger partial charge in [0.05, 0.1) is 19.3 Å². The molecule has 2 aromatic carbocycles. The van der Waals surface area contributed by atoms with Crippen molar-refractivity contribution in [1.82, 2.24) is 4.90 Å². The van der Waals surface area contributed by atoms with Crippen LogP contribution in [0.2, 0.25) is 0 Å². The van der Waals surface area contributed by atoms with E-state index in [4.69, 9.17) is 4.74 Å². The summed E-state index contributed by atoms with van der Waals surface area (Å²) in [7, 11) is 1.61. The van der Waals surface area contributed by atoms with E-state index in [9.17, 15) is 4.79 Å². The number of nitrogens with zero attached hydrogens (tertiary/aromatic N) is 2. The van der Waals surface area contributed by atoms with E-state index < -0.39 is 0 Å². The molecule has 0 fully saturated rings. The van der Waals surface area contributed by atoms with Crippen LogP contribution in [-0.2, 0) is 0 Å². The van der Waals surface area contributed by atoms with E-state index in [2.05, 4.69) is 15.2 Å². The predicted octanol–water partition coefficient (Wildman–Crippen LogP) is 2.91. The van der Waals surface area contributed by atoms with E-state index in [0.29, 0.717) is 5.56 Å². The van der Waals surface area contributed by atoms with Crippen LogP contribution in [0.25, 0.3) is 0 Å². The van der Waals surface area contributed by atoms with Gasteiger partial charge in [0.2, 0.25) is 0 Å². The quantitative estimate of drug-likeness (QED) is 0.698. The Labute approximate surface area is 140 Å². The molecule has 0 radical (unpaired) electrons. The lowest BCUT2D eigenvalue weighted by molar-refractivity contribution is 0.104.